The van der Waals surface area contributed by atoms with Gasteiger partial charge < -0.3 is 20.1 Å². The van der Waals surface area contributed by atoms with E-state index < -0.39 is 6.04 Å². The third-order valence-corrected chi connectivity index (χ3v) is 2.93. The molecule has 0 saturated carbocycles. The van der Waals surface area contributed by atoms with E-state index in [1.807, 2.05) is 12.1 Å². The first-order chi connectivity index (χ1) is 9.12. The number of rotatable bonds is 4. The van der Waals surface area contributed by atoms with Crippen molar-refractivity contribution in [1.29, 1.82) is 0 Å². The fourth-order valence-electron chi connectivity index (χ4n) is 1.97. The number of methoxy groups -OCH3 is 2. The number of ether oxygens (including phenoxy) is 2. The van der Waals surface area contributed by atoms with Gasteiger partial charge in [-0.15, -0.1) is 0 Å². The molecule has 0 bridgehead atoms. The maximum atomic E-state index is 11.7. The van der Waals surface area contributed by atoms with Crippen molar-refractivity contribution in [3.8, 4) is 11.5 Å². The SMILES string of the molecule is COc1cc(C[C@@H]2NC(=O)CNC2=O)cc(OC)c1. The van der Waals surface area contributed by atoms with Crippen LogP contribution in [0.1, 0.15) is 5.56 Å². The number of carbonyl (C=O) groups excluding carboxylic acids is 2. The predicted molar refractivity (Wildman–Crippen MR) is 68.2 cm³/mol. The van der Waals surface area contributed by atoms with Gasteiger partial charge in [0.2, 0.25) is 11.8 Å². The van der Waals surface area contributed by atoms with Gasteiger partial charge in [0.05, 0.1) is 20.8 Å². The summed E-state index contributed by atoms with van der Waals surface area (Å²) in [4.78, 5) is 22.9. The van der Waals surface area contributed by atoms with Crippen LogP contribution in [0.5, 0.6) is 11.5 Å². The molecule has 0 aliphatic carbocycles. The van der Waals surface area contributed by atoms with E-state index in [0.29, 0.717) is 17.9 Å². The highest BCUT2D eigenvalue weighted by Crippen LogP contribution is 2.23. The standard InChI is InChI=1S/C13H16N2O4/c1-18-9-3-8(4-10(6-9)19-2)5-11-13(17)14-7-12(16)15-11/h3-4,6,11H,5,7H2,1-2H3,(H,14,17)(H,15,16)/t11-/m0/s1. The van der Waals surface area contributed by atoms with E-state index in [-0.39, 0.29) is 18.4 Å². The third-order valence-electron chi connectivity index (χ3n) is 2.93. The summed E-state index contributed by atoms with van der Waals surface area (Å²) in [5, 5.41) is 5.20. The van der Waals surface area contributed by atoms with E-state index in [0.717, 1.165) is 5.56 Å². The summed E-state index contributed by atoms with van der Waals surface area (Å²) in [6, 6.07) is 4.83. The minimum atomic E-state index is -0.557. The topological polar surface area (TPSA) is 76.7 Å². The van der Waals surface area contributed by atoms with E-state index in [4.69, 9.17) is 9.47 Å². The largest absolute Gasteiger partial charge is 0.497 e. The molecule has 2 N–H and O–H groups in total. The van der Waals surface area contributed by atoms with E-state index >= 15 is 0 Å². The van der Waals surface area contributed by atoms with Crippen LogP contribution in [0.3, 0.4) is 0 Å². The maximum absolute atomic E-state index is 11.7. The van der Waals surface area contributed by atoms with E-state index in [1.165, 1.54) is 0 Å². The van der Waals surface area contributed by atoms with Gasteiger partial charge in [0.1, 0.15) is 17.5 Å². The average Bonchev–Trinajstić information content (AvgIpc) is 2.42. The molecular formula is C13H16N2O4. The third kappa shape index (κ3) is 3.15. The average molecular weight is 264 g/mol. The van der Waals surface area contributed by atoms with E-state index in [9.17, 15) is 9.59 Å². The number of benzene rings is 1. The van der Waals surface area contributed by atoms with Crippen molar-refractivity contribution in [2.24, 2.45) is 0 Å². The summed E-state index contributed by atoms with van der Waals surface area (Å²) in [5.41, 5.74) is 0.860. The summed E-state index contributed by atoms with van der Waals surface area (Å²) >= 11 is 0. The van der Waals surface area contributed by atoms with Gasteiger partial charge in [0.25, 0.3) is 0 Å². The van der Waals surface area contributed by atoms with Crippen molar-refractivity contribution in [2.75, 3.05) is 20.8 Å². The molecule has 1 aromatic rings. The quantitative estimate of drug-likeness (QED) is 0.793. The first-order valence-corrected chi connectivity index (χ1v) is 5.91. The monoisotopic (exact) mass is 264 g/mol. The molecule has 0 aromatic heterocycles. The van der Waals surface area contributed by atoms with Crippen molar-refractivity contribution in [2.45, 2.75) is 12.5 Å². The van der Waals surface area contributed by atoms with Crippen LogP contribution >= 0.6 is 0 Å². The molecule has 2 amide bonds. The molecule has 1 atom stereocenters. The second-order valence-corrected chi connectivity index (χ2v) is 4.26. The first kappa shape index (κ1) is 13.2. The van der Waals surface area contributed by atoms with Gasteiger partial charge in [0, 0.05) is 12.5 Å². The Morgan fingerprint density at radius 3 is 2.37 bits per heavy atom. The van der Waals surface area contributed by atoms with Gasteiger partial charge in [-0.25, -0.2) is 0 Å². The van der Waals surface area contributed by atoms with Gasteiger partial charge in [-0.3, -0.25) is 9.59 Å². The van der Waals surface area contributed by atoms with Gasteiger partial charge in [-0.05, 0) is 17.7 Å². The number of hydrogen-bond donors (Lipinski definition) is 2. The molecule has 1 aliphatic heterocycles. The number of amides is 2. The fraction of sp³-hybridized carbons (Fsp3) is 0.385. The van der Waals surface area contributed by atoms with Crippen LogP contribution in [-0.2, 0) is 16.0 Å². The summed E-state index contributed by atoms with van der Waals surface area (Å²) in [6.07, 6.45) is 0.394. The van der Waals surface area contributed by atoms with Crippen LogP contribution in [0.4, 0.5) is 0 Å². The first-order valence-electron chi connectivity index (χ1n) is 5.91. The highest BCUT2D eigenvalue weighted by molar-refractivity contribution is 5.94. The molecule has 0 spiro atoms. The maximum Gasteiger partial charge on any atom is 0.243 e. The predicted octanol–water partition coefficient (Wildman–Crippen LogP) is -0.139. The normalized spacial score (nSPS) is 18.5. The van der Waals surface area contributed by atoms with Crippen molar-refractivity contribution in [3.05, 3.63) is 23.8 Å². The van der Waals surface area contributed by atoms with Crippen LogP contribution in [-0.4, -0.2) is 38.6 Å². The van der Waals surface area contributed by atoms with Crippen molar-refractivity contribution in [1.82, 2.24) is 10.6 Å². The molecule has 6 nitrogen and oxygen atoms in total. The Hall–Kier alpha value is -2.24. The number of hydrogen-bond acceptors (Lipinski definition) is 4. The molecule has 102 valence electrons. The Bertz CT molecular complexity index is 479. The highest BCUT2D eigenvalue weighted by Gasteiger charge is 2.26. The summed E-state index contributed by atoms with van der Waals surface area (Å²) in [7, 11) is 3.13. The van der Waals surface area contributed by atoms with Gasteiger partial charge in [0.15, 0.2) is 0 Å². The van der Waals surface area contributed by atoms with Crippen LogP contribution < -0.4 is 20.1 Å². The molecule has 1 aliphatic rings. The van der Waals surface area contributed by atoms with Gasteiger partial charge in [-0.2, -0.15) is 0 Å². The Labute approximate surface area is 111 Å². The number of nitrogens with one attached hydrogen (secondary N) is 2. The molecule has 1 heterocycles. The summed E-state index contributed by atoms with van der Waals surface area (Å²) in [6.45, 7) is 0.0385. The Morgan fingerprint density at radius 2 is 1.79 bits per heavy atom. The van der Waals surface area contributed by atoms with E-state index in [2.05, 4.69) is 10.6 Å². The second-order valence-electron chi connectivity index (χ2n) is 4.26. The lowest BCUT2D eigenvalue weighted by atomic mass is 10.0. The molecule has 1 saturated heterocycles. The molecule has 1 fully saturated rings. The Balaban J connectivity index is 2.17. The minimum Gasteiger partial charge on any atom is -0.497 e. The molecule has 2 rings (SSSR count). The zero-order chi connectivity index (χ0) is 13.8. The molecule has 1 aromatic carbocycles. The molecule has 6 heteroatoms. The summed E-state index contributed by atoms with van der Waals surface area (Å²) < 4.78 is 10.3. The Kier molecular flexibility index (Phi) is 3.89. The van der Waals surface area contributed by atoms with Crippen molar-refractivity contribution >= 4 is 11.8 Å². The lowest BCUT2D eigenvalue weighted by Crippen LogP contribution is -2.56. The van der Waals surface area contributed by atoms with Gasteiger partial charge >= 0.3 is 0 Å². The smallest absolute Gasteiger partial charge is 0.243 e. The molecule has 19 heavy (non-hydrogen) atoms. The van der Waals surface area contributed by atoms with Crippen LogP contribution in [0.25, 0.3) is 0 Å². The lowest BCUT2D eigenvalue weighted by molar-refractivity contribution is -0.133. The number of carbonyl (C=O) groups is 2. The van der Waals surface area contributed by atoms with Crippen LogP contribution in [0.2, 0.25) is 0 Å². The van der Waals surface area contributed by atoms with E-state index in [1.54, 1.807) is 20.3 Å². The van der Waals surface area contributed by atoms with Crippen molar-refractivity contribution in [3.63, 3.8) is 0 Å². The number of piperazine rings is 1. The van der Waals surface area contributed by atoms with Crippen LogP contribution in [0.15, 0.2) is 18.2 Å². The van der Waals surface area contributed by atoms with Crippen LogP contribution in [0, 0.1) is 0 Å². The van der Waals surface area contributed by atoms with Crippen molar-refractivity contribution < 1.29 is 19.1 Å². The molecule has 0 radical (unpaired) electrons. The fourth-order valence-corrected chi connectivity index (χ4v) is 1.97. The molecule has 0 unspecified atom stereocenters. The summed E-state index contributed by atoms with van der Waals surface area (Å²) in [5.74, 6) is 0.939. The second kappa shape index (κ2) is 5.60. The zero-order valence-electron chi connectivity index (χ0n) is 10.9. The minimum absolute atomic E-state index is 0.0385. The lowest BCUT2D eigenvalue weighted by Gasteiger charge is -2.23. The highest BCUT2D eigenvalue weighted by atomic mass is 16.5. The Morgan fingerprint density at radius 1 is 1.16 bits per heavy atom. The molecular weight excluding hydrogens is 248 g/mol. The zero-order valence-corrected chi connectivity index (χ0v) is 10.9. The van der Waals surface area contributed by atoms with Gasteiger partial charge in [-0.1, -0.05) is 0 Å².